The molecule has 9 heteroatoms. The van der Waals surface area contributed by atoms with Crippen molar-refractivity contribution in [3.05, 3.63) is 41.2 Å². The maximum atomic E-state index is 15.2. The number of hydrogen-bond donors (Lipinski definition) is 1. The molecule has 2 aliphatic rings. The van der Waals surface area contributed by atoms with E-state index in [2.05, 4.69) is 0 Å². The molecule has 1 saturated heterocycles. The van der Waals surface area contributed by atoms with Crippen LogP contribution in [0.2, 0.25) is 0 Å². The highest BCUT2D eigenvalue weighted by molar-refractivity contribution is 6.70. The highest BCUT2D eigenvalue weighted by Gasteiger charge is 2.44. The number of ether oxygens (including phenoxy) is 3. The molecule has 2 heterocycles. The number of benzene rings is 1. The molecule has 1 aromatic rings. The number of phenolic OH excluding ortho intramolecular Hbond substituents is 1. The summed E-state index contributed by atoms with van der Waals surface area (Å²) in [6, 6.07) is 3.13. The minimum Gasteiger partial charge on any atom is -0.507 e. The van der Waals surface area contributed by atoms with Gasteiger partial charge in [-0.05, 0) is 51.8 Å². The first-order valence-corrected chi connectivity index (χ1v) is 12.0. The van der Waals surface area contributed by atoms with Crippen LogP contribution in [0.5, 0.6) is 5.75 Å². The monoisotopic (exact) mass is 486 g/mol. The quantitative estimate of drug-likeness (QED) is 0.377. The van der Waals surface area contributed by atoms with Gasteiger partial charge in [-0.25, -0.2) is 9.18 Å². The van der Waals surface area contributed by atoms with Gasteiger partial charge in [0.2, 0.25) is 0 Å². The van der Waals surface area contributed by atoms with Crippen molar-refractivity contribution in [1.29, 1.82) is 0 Å². The lowest BCUT2D eigenvalue weighted by Crippen LogP contribution is -2.30. The van der Waals surface area contributed by atoms with Gasteiger partial charge in [0, 0.05) is 30.1 Å². The molecule has 1 radical (unpaired) electrons. The average Bonchev–Trinajstić information content (AvgIpc) is 3.09. The SMILES string of the molecule is CCN([B]C=O)c1cc(O)c2c(c1)/C=C/C[C@@H]1OC(C)(C)O[C@@H]1[C@H](C)/C(F)=C\[C@@H](C)[C@H](C)OC2=O. The van der Waals surface area contributed by atoms with E-state index in [1.807, 2.05) is 13.0 Å². The lowest BCUT2D eigenvalue weighted by atomic mass is 9.91. The third kappa shape index (κ3) is 6.14. The van der Waals surface area contributed by atoms with Crippen LogP contribution in [-0.4, -0.2) is 55.3 Å². The van der Waals surface area contributed by atoms with Crippen molar-refractivity contribution in [2.75, 3.05) is 11.4 Å². The summed E-state index contributed by atoms with van der Waals surface area (Å²) in [6.45, 7) is 11.2. The summed E-state index contributed by atoms with van der Waals surface area (Å²) in [4.78, 5) is 25.8. The van der Waals surface area contributed by atoms with Crippen molar-refractivity contribution in [2.45, 2.75) is 72.1 Å². The first kappa shape index (κ1) is 27.0. The Kier molecular flexibility index (Phi) is 8.44. The van der Waals surface area contributed by atoms with Crippen molar-refractivity contribution >= 4 is 31.3 Å². The molecule has 0 aliphatic carbocycles. The van der Waals surface area contributed by atoms with E-state index in [0.29, 0.717) is 30.4 Å². The lowest BCUT2D eigenvalue weighted by molar-refractivity contribution is -0.149. The topological polar surface area (TPSA) is 85.3 Å². The van der Waals surface area contributed by atoms with E-state index < -0.39 is 41.9 Å². The molecule has 2 aliphatic heterocycles. The lowest BCUT2D eigenvalue weighted by Gasteiger charge is -2.25. The van der Waals surface area contributed by atoms with Crippen molar-refractivity contribution in [3.8, 4) is 5.75 Å². The molecule has 1 aromatic carbocycles. The Labute approximate surface area is 207 Å². The molecule has 5 atom stereocenters. The third-order valence-corrected chi connectivity index (χ3v) is 6.52. The molecule has 3 rings (SSSR count). The minimum absolute atomic E-state index is 0.00144. The second-order valence-corrected chi connectivity index (χ2v) is 9.59. The second kappa shape index (κ2) is 11.0. The smallest absolute Gasteiger partial charge is 0.342 e. The van der Waals surface area contributed by atoms with Crippen molar-refractivity contribution in [1.82, 2.24) is 0 Å². The predicted octanol–water partition coefficient (Wildman–Crippen LogP) is 4.64. The molecule has 0 spiro atoms. The van der Waals surface area contributed by atoms with Gasteiger partial charge in [-0.2, -0.15) is 0 Å². The van der Waals surface area contributed by atoms with E-state index in [9.17, 15) is 14.7 Å². The molecule has 189 valence electrons. The van der Waals surface area contributed by atoms with Crippen LogP contribution < -0.4 is 4.81 Å². The van der Waals surface area contributed by atoms with Gasteiger partial charge in [0.25, 0.3) is 0 Å². The summed E-state index contributed by atoms with van der Waals surface area (Å²) in [5, 5.41) is 10.8. The van der Waals surface area contributed by atoms with Gasteiger partial charge in [0.15, 0.2) is 5.79 Å². The van der Waals surface area contributed by atoms with Gasteiger partial charge in [0.1, 0.15) is 29.4 Å². The van der Waals surface area contributed by atoms with E-state index >= 15 is 4.39 Å². The standard InChI is InChI=1S/C26H34BFNO6/c1-7-29(27-14-30)19-12-18-9-8-10-22-24(35-26(5,6)34-22)16(3)20(28)11-15(2)17(4)33-25(32)23(18)21(31)13-19/h8-9,11-17,22,24,31H,7,10H2,1-6H3/b9-8+,20-11+/t15-,16-,17+,22+,24-/m1/s1. The molecule has 0 saturated carbocycles. The number of rotatable bonds is 4. The molecule has 1 fully saturated rings. The molecule has 1 N–H and O–H groups in total. The number of fused-ring (bicyclic) bond motifs is 2. The molecular weight excluding hydrogens is 452 g/mol. The minimum atomic E-state index is -0.862. The highest BCUT2D eigenvalue weighted by Crippen LogP contribution is 2.38. The van der Waals surface area contributed by atoms with Crippen molar-refractivity contribution in [3.63, 3.8) is 0 Å². The van der Waals surface area contributed by atoms with Gasteiger partial charge >= 0.3 is 13.4 Å². The zero-order valence-electron chi connectivity index (χ0n) is 21.2. The number of esters is 1. The number of carbonyl (C=O) groups is 2. The maximum absolute atomic E-state index is 15.2. The van der Waals surface area contributed by atoms with Crippen LogP contribution >= 0.6 is 0 Å². The Morgan fingerprint density at radius 1 is 1.26 bits per heavy atom. The molecule has 0 bridgehead atoms. The number of carbonyl (C=O) groups excluding carboxylic acids is 2. The fraction of sp³-hybridized carbons (Fsp3) is 0.538. The van der Waals surface area contributed by atoms with Crippen LogP contribution in [0.15, 0.2) is 30.1 Å². The van der Waals surface area contributed by atoms with Crippen molar-refractivity contribution < 1.29 is 33.3 Å². The number of anilines is 1. The third-order valence-electron chi connectivity index (χ3n) is 6.52. The zero-order valence-corrected chi connectivity index (χ0v) is 21.2. The molecular formula is C26H34BFNO6. The number of nitrogens with zero attached hydrogens (tertiary/aromatic N) is 1. The highest BCUT2D eigenvalue weighted by atomic mass is 19.1. The van der Waals surface area contributed by atoms with E-state index in [0.717, 1.165) is 0 Å². The summed E-state index contributed by atoms with van der Waals surface area (Å²) in [5.74, 6) is -3.17. The Bertz CT molecular complexity index is 1010. The number of halogens is 1. The average molecular weight is 486 g/mol. The number of cyclic esters (lactones) is 1. The molecule has 7 nitrogen and oxygen atoms in total. The first-order valence-electron chi connectivity index (χ1n) is 12.0. The van der Waals surface area contributed by atoms with E-state index in [1.54, 1.807) is 51.6 Å². The Morgan fingerprint density at radius 3 is 2.63 bits per heavy atom. The van der Waals surface area contributed by atoms with Crippen LogP contribution in [0.1, 0.15) is 63.9 Å². The summed E-state index contributed by atoms with van der Waals surface area (Å²) in [7, 11) is 1.36. The molecule has 0 amide bonds. The Morgan fingerprint density at radius 2 is 1.97 bits per heavy atom. The van der Waals surface area contributed by atoms with E-state index in [-0.39, 0.29) is 17.1 Å². The van der Waals surface area contributed by atoms with Gasteiger partial charge < -0.3 is 28.9 Å². The summed E-state index contributed by atoms with van der Waals surface area (Å²) >= 11 is 0. The summed E-state index contributed by atoms with van der Waals surface area (Å²) in [5.41, 5.74) is 0.986. The fourth-order valence-corrected chi connectivity index (χ4v) is 4.43. The summed E-state index contributed by atoms with van der Waals surface area (Å²) < 4.78 is 32.9. The Balaban J connectivity index is 2.09. The van der Waals surface area contributed by atoms with Crippen LogP contribution in [0.4, 0.5) is 10.1 Å². The normalized spacial score (nSPS) is 31.1. The molecule has 0 unspecified atom stereocenters. The van der Waals surface area contributed by atoms with E-state index in [1.165, 1.54) is 19.6 Å². The largest absolute Gasteiger partial charge is 0.507 e. The molecule has 35 heavy (non-hydrogen) atoms. The number of aromatic hydroxyl groups is 1. The van der Waals surface area contributed by atoms with Gasteiger partial charge in [-0.1, -0.05) is 26.0 Å². The molecule has 0 aromatic heterocycles. The van der Waals surface area contributed by atoms with Gasteiger partial charge in [0.05, 0.1) is 12.2 Å². The maximum Gasteiger partial charge on any atom is 0.342 e. The zero-order chi connectivity index (χ0) is 25.9. The summed E-state index contributed by atoms with van der Waals surface area (Å²) in [6.07, 6.45) is 4.46. The number of phenols is 1. The van der Waals surface area contributed by atoms with Gasteiger partial charge in [-0.15, -0.1) is 0 Å². The van der Waals surface area contributed by atoms with Gasteiger partial charge in [-0.3, -0.25) is 0 Å². The Hall–Kier alpha value is -2.65. The first-order chi connectivity index (χ1) is 16.5. The fourth-order valence-electron chi connectivity index (χ4n) is 4.43. The predicted molar refractivity (Wildman–Crippen MR) is 134 cm³/mol. The van der Waals surface area contributed by atoms with E-state index in [4.69, 9.17) is 14.2 Å². The second-order valence-electron chi connectivity index (χ2n) is 9.59. The number of hydrogen-bond acceptors (Lipinski definition) is 7. The van der Waals surface area contributed by atoms with Crippen molar-refractivity contribution in [2.24, 2.45) is 11.8 Å². The van der Waals surface area contributed by atoms with Crippen LogP contribution in [0.3, 0.4) is 0 Å². The van der Waals surface area contributed by atoms with Crippen LogP contribution in [0.25, 0.3) is 6.08 Å². The van der Waals surface area contributed by atoms with Crippen LogP contribution in [0, 0.1) is 11.8 Å². The van der Waals surface area contributed by atoms with Crippen LogP contribution in [-0.2, 0) is 19.0 Å².